The van der Waals surface area contributed by atoms with E-state index in [4.69, 9.17) is 0 Å². The van der Waals surface area contributed by atoms with Crippen molar-refractivity contribution in [1.82, 2.24) is 4.90 Å². The lowest BCUT2D eigenvalue weighted by Gasteiger charge is -2.30. The van der Waals surface area contributed by atoms with Gasteiger partial charge in [-0.15, -0.1) is 12.4 Å². The molecule has 0 aromatic heterocycles. The van der Waals surface area contributed by atoms with E-state index in [9.17, 15) is 4.39 Å². The largest absolute Gasteiger partial charge is 0.298 e. The highest BCUT2D eigenvalue weighted by atomic mass is 35.5. The van der Waals surface area contributed by atoms with Crippen LogP contribution in [0, 0.1) is 5.82 Å². The third kappa shape index (κ3) is 4.12. The molecule has 3 aromatic rings. The van der Waals surface area contributed by atoms with Gasteiger partial charge in [-0.2, -0.15) is 0 Å². The van der Waals surface area contributed by atoms with Gasteiger partial charge in [0.25, 0.3) is 0 Å². The Kier molecular flexibility index (Phi) is 6.17. The second-order valence-electron chi connectivity index (χ2n) is 7.89. The summed E-state index contributed by atoms with van der Waals surface area (Å²) in [5.41, 5.74) is 9.41. The van der Waals surface area contributed by atoms with Gasteiger partial charge in [0.1, 0.15) is 5.82 Å². The summed E-state index contributed by atoms with van der Waals surface area (Å²) < 4.78 is 13.2. The highest BCUT2D eigenvalue weighted by Crippen LogP contribution is 2.38. The van der Waals surface area contributed by atoms with Crippen molar-refractivity contribution in [2.24, 2.45) is 0 Å². The van der Waals surface area contributed by atoms with Crippen LogP contribution in [-0.2, 0) is 6.54 Å². The molecular weight excluding hydrogens is 393 g/mol. The van der Waals surface area contributed by atoms with Crippen molar-refractivity contribution in [3.8, 4) is 0 Å². The molecular formula is C27H25ClFN. The summed E-state index contributed by atoms with van der Waals surface area (Å²) in [6.45, 7) is 2.96. The fourth-order valence-electron chi connectivity index (χ4n) is 4.52. The average Bonchev–Trinajstić information content (AvgIpc) is 2.93. The Morgan fingerprint density at radius 3 is 1.80 bits per heavy atom. The summed E-state index contributed by atoms with van der Waals surface area (Å²) in [6, 6.07) is 24.4. The lowest BCUT2D eigenvalue weighted by molar-refractivity contribution is 0.248. The first kappa shape index (κ1) is 20.6. The molecule has 1 fully saturated rings. The van der Waals surface area contributed by atoms with E-state index in [-0.39, 0.29) is 18.2 Å². The minimum absolute atomic E-state index is 0. The topological polar surface area (TPSA) is 3.24 Å². The number of hydrogen-bond donors (Lipinski definition) is 0. The summed E-state index contributed by atoms with van der Waals surface area (Å²) in [4.78, 5) is 2.48. The standard InChI is InChI=1S/C27H24FN.ClH/c28-24-13-9-20(10-14-24)19-29-17-15-23(16-18-29)27-25-7-3-1-5-21(25)11-12-22-6-2-4-8-26(22)27;/h1-14H,15-19H2;1H. The Balaban J connectivity index is 0.00000218. The molecule has 3 heteroatoms. The Labute approximate surface area is 184 Å². The molecule has 2 aliphatic rings. The lowest BCUT2D eigenvalue weighted by Crippen LogP contribution is -2.30. The Morgan fingerprint density at radius 1 is 0.700 bits per heavy atom. The first-order valence-corrected chi connectivity index (χ1v) is 10.3. The highest BCUT2D eigenvalue weighted by Gasteiger charge is 2.22. The minimum Gasteiger partial charge on any atom is -0.298 e. The van der Waals surface area contributed by atoms with Crippen LogP contribution in [0.2, 0.25) is 0 Å². The number of rotatable bonds is 2. The molecule has 1 heterocycles. The summed E-state index contributed by atoms with van der Waals surface area (Å²) in [6.07, 6.45) is 6.62. The molecule has 0 saturated carbocycles. The van der Waals surface area contributed by atoms with Gasteiger partial charge in [-0.1, -0.05) is 78.4 Å². The summed E-state index contributed by atoms with van der Waals surface area (Å²) >= 11 is 0. The van der Waals surface area contributed by atoms with Crippen LogP contribution in [0.3, 0.4) is 0 Å². The van der Waals surface area contributed by atoms with Crippen LogP contribution in [0.5, 0.6) is 0 Å². The second kappa shape index (κ2) is 8.99. The molecule has 5 rings (SSSR count). The molecule has 1 aliphatic carbocycles. The maximum Gasteiger partial charge on any atom is 0.123 e. The number of hydrogen-bond acceptors (Lipinski definition) is 1. The van der Waals surface area contributed by atoms with Crippen LogP contribution < -0.4 is 0 Å². The van der Waals surface area contributed by atoms with E-state index in [0.717, 1.165) is 32.5 Å². The zero-order valence-electron chi connectivity index (χ0n) is 16.9. The van der Waals surface area contributed by atoms with Crippen LogP contribution in [0.15, 0.2) is 78.4 Å². The van der Waals surface area contributed by atoms with Gasteiger partial charge in [0.05, 0.1) is 0 Å². The van der Waals surface area contributed by atoms with E-state index >= 15 is 0 Å². The molecule has 0 spiro atoms. The zero-order valence-corrected chi connectivity index (χ0v) is 17.7. The van der Waals surface area contributed by atoms with E-state index < -0.39 is 0 Å². The van der Waals surface area contributed by atoms with Gasteiger partial charge in [0, 0.05) is 19.6 Å². The van der Waals surface area contributed by atoms with Crippen molar-refractivity contribution in [2.45, 2.75) is 19.4 Å². The molecule has 1 aliphatic heterocycles. The Morgan fingerprint density at radius 2 is 1.23 bits per heavy atom. The van der Waals surface area contributed by atoms with E-state index in [0.29, 0.717) is 0 Å². The quantitative estimate of drug-likeness (QED) is 0.345. The maximum atomic E-state index is 13.2. The monoisotopic (exact) mass is 417 g/mol. The third-order valence-electron chi connectivity index (χ3n) is 6.04. The summed E-state index contributed by atoms with van der Waals surface area (Å²) in [7, 11) is 0. The fraction of sp³-hybridized carbons (Fsp3) is 0.185. The first-order valence-electron chi connectivity index (χ1n) is 10.3. The molecule has 1 nitrogen and oxygen atoms in total. The van der Waals surface area contributed by atoms with Crippen molar-refractivity contribution in [3.05, 3.63) is 112 Å². The van der Waals surface area contributed by atoms with E-state index in [2.05, 4.69) is 65.6 Å². The smallest absolute Gasteiger partial charge is 0.123 e. The number of nitrogens with zero attached hydrogens (tertiary/aromatic N) is 1. The summed E-state index contributed by atoms with van der Waals surface area (Å²) in [5.74, 6) is -0.168. The molecule has 0 amide bonds. The lowest BCUT2D eigenvalue weighted by atomic mass is 9.86. The van der Waals surface area contributed by atoms with Gasteiger partial charge in [-0.25, -0.2) is 4.39 Å². The predicted molar refractivity (Wildman–Crippen MR) is 126 cm³/mol. The highest BCUT2D eigenvalue weighted by molar-refractivity contribution is 5.94. The number of benzene rings is 3. The molecule has 152 valence electrons. The minimum atomic E-state index is -0.168. The van der Waals surface area contributed by atoms with Gasteiger partial charge in [0.2, 0.25) is 0 Å². The van der Waals surface area contributed by atoms with Crippen molar-refractivity contribution in [3.63, 3.8) is 0 Å². The van der Waals surface area contributed by atoms with Crippen molar-refractivity contribution >= 4 is 30.1 Å². The number of piperidine rings is 1. The maximum absolute atomic E-state index is 13.2. The van der Waals surface area contributed by atoms with Crippen LogP contribution >= 0.6 is 12.4 Å². The Bertz CT molecular complexity index is 1040. The van der Waals surface area contributed by atoms with Crippen molar-refractivity contribution in [1.29, 1.82) is 0 Å². The van der Waals surface area contributed by atoms with Crippen LogP contribution in [0.25, 0.3) is 17.7 Å². The zero-order chi connectivity index (χ0) is 19.6. The third-order valence-corrected chi connectivity index (χ3v) is 6.04. The first-order chi connectivity index (χ1) is 14.3. The van der Waals surface area contributed by atoms with E-state index in [1.165, 1.54) is 33.4 Å². The fourth-order valence-corrected chi connectivity index (χ4v) is 4.52. The predicted octanol–water partition coefficient (Wildman–Crippen LogP) is 6.83. The summed E-state index contributed by atoms with van der Waals surface area (Å²) in [5, 5.41) is 0. The van der Waals surface area contributed by atoms with Crippen molar-refractivity contribution in [2.75, 3.05) is 13.1 Å². The average molecular weight is 418 g/mol. The molecule has 1 saturated heterocycles. The van der Waals surface area contributed by atoms with Gasteiger partial charge in [-0.3, -0.25) is 4.90 Å². The molecule has 3 aromatic carbocycles. The molecule has 0 radical (unpaired) electrons. The molecule has 0 atom stereocenters. The molecule has 0 unspecified atom stereocenters. The van der Waals surface area contributed by atoms with Gasteiger partial charge in [-0.05, 0) is 58.4 Å². The van der Waals surface area contributed by atoms with Crippen LogP contribution in [0.4, 0.5) is 4.39 Å². The number of fused-ring (bicyclic) bond motifs is 2. The SMILES string of the molecule is Cl.Fc1ccc(CN2CCC(=C3c4ccccc4C=Cc4ccccc43)CC2)cc1. The molecule has 30 heavy (non-hydrogen) atoms. The Hall–Kier alpha value is -2.68. The van der Waals surface area contributed by atoms with Crippen LogP contribution in [0.1, 0.15) is 40.7 Å². The molecule has 0 bridgehead atoms. The van der Waals surface area contributed by atoms with Crippen LogP contribution in [-0.4, -0.2) is 18.0 Å². The normalized spacial score (nSPS) is 15.8. The number of likely N-dealkylation sites (tertiary alicyclic amines) is 1. The van der Waals surface area contributed by atoms with Gasteiger partial charge in [0.15, 0.2) is 0 Å². The van der Waals surface area contributed by atoms with Crippen molar-refractivity contribution < 1.29 is 4.39 Å². The van der Waals surface area contributed by atoms with E-state index in [1.54, 1.807) is 17.7 Å². The number of halogens is 2. The second-order valence-corrected chi connectivity index (χ2v) is 7.89. The van der Waals surface area contributed by atoms with E-state index in [1.807, 2.05) is 12.1 Å². The molecule has 0 N–H and O–H groups in total. The van der Waals surface area contributed by atoms with Gasteiger partial charge < -0.3 is 0 Å². The van der Waals surface area contributed by atoms with Gasteiger partial charge >= 0.3 is 0 Å².